The highest BCUT2D eigenvalue weighted by molar-refractivity contribution is 5.86. The van der Waals surface area contributed by atoms with Crippen LogP contribution in [0.15, 0.2) is 12.2 Å². The van der Waals surface area contributed by atoms with Gasteiger partial charge in [0.05, 0.1) is 13.2 Å². The van der Waals surface area contributed by atoms with E-state index in [1.54, 1.807) is 6.92 Å². The molecule has 0 saturated carbocycles. The normalized spacial score (nSPS) is 16.3. The predicted molar refractivity (Wildman–Crippen MR) is 57.5 cm³/mol. The molecule has 0 spiro atoms. The average molecular weight is 234 g/mol. The van der Waals surface area contributed by atoms with Gasteiger partial charge in [0.2, 0.25) is 0 Å². The number of aliphatic hydroxyl groups excluding tert-OH is 1. The number of hydrogen-bond acceptors (Lipinski definition) is 4. The molecule has 2 atom stereocenters. The third-order valence-electron chi connectivity index (χ3n) is 1.94. The molecule has 0 amide bonds. The van der Waals surface area contributed by atoms with E-state index in [-0.39, 0.29) is 25.4 Å². The van der Waals surface area contributed by atoms with Crippen molar-refractivity contribution >= 4 is 5.97 Å². The maximum Gasteiger partial charge on any atom is 0.333 e. The van der Waals surface area contributed by atoms with Crippen LogP contribution in [0.1, 0.15) is 20.8 Å². The molecule has 0 saturated heterocycles. The van der Waals surface area contributed by atoms with Gasteiger partial charge in [-0.3, -0.25) is 0 Å². The first-order chi connectivity index (χ1) is 7.30. The van der Waals surface area contributed by atoms with E-state index in [4.69, 9.17) is 14.6 Å². The summed E-state index contributed by atoms with van der Waals surface area (Å²) < 4.78 is 22.1. The van der Waals surface area contributed by atoms with Crippen molar-refractivity contribution in [3.05, 3.63) is 12.2 Å². The number of halogens is 1. The lowest BCUT2D eigenvalue weighted by Gasteiger charge is -2.26. The second kappa shape index (κ2) is 6.60. The van der Waals surface area contributed by atoms with Gasteiger partial charge in [0.25, 0.3) is 0 Å². The number of esters is 1. The van der Waals surface area contributed by atoms with Crippen LogP contribution >= 0.6 is 0 Å². The second-order valence-corrected chi connectivity index (χ2v) is 4.18. The Kier molecular flexibility index (Phi) is 6.21. The molecule has 0 aromatic heterocycles. The van der Waals surface area contributed by atoms with E-state index in [0.717, 1.165) is 0 Å². The Morgan fingerprint density at radius 1 is 1.56 bits per heavy atom. The molecule has 0 rings (SSSR count). The molecule has 0 aliphatic carbocycles. The van der Waals surface area contributed by atoms with Gasteiger partial charge in [0.1, 0.15) is 6.61 Å². The van der Waals surface area contributed by atoms with Crippen LogP contribution in [-0.4, -0.2) is 37.3 Å². The van der Waals surface area contributed by atoms with E-state index < -0.39 is 17.7 Å². The van der Waals surface area contributed by atoms with Crippen LogP contribution in [-0.2, 0) is 14.3 Å². The first kappa shape index (κ1) is 15.1. The minimum absolute atomic E-state index is 0.0232. The van der Waals surface area contributed by atoms with Crippen molar-refractivity contribution in [1.29, 1.82) is 0 Å². The summed E-state index contributed by atoms with van der Waals surface area (Å²) in [6.07, 6.45) is -1.41. The number of hydrogen-bond donors (Lipinski definition) is 1. The molecular formula is C11H19FO4. The molecule has 0 aliphatic rings. The van der Waals surface area contributed by atoms with Gasteiger partial charge in [-0.1, -0.05) is 13.5 Å². The van der Waals surface area contributed by atoms with E-state index in [1.807, 2.05) is 0 Å². The Balaban J connectivity index is 4.15. The van der Waals surface area contributed by atoms with Crippen molar-refractivity contribution in [3.63, 3.8) is 0 Å². The first-order valence-electron chi connectivity index (χ1n) is 5.00. The van der Waals surface area contributed by atoms with E-state index in [9.17, 15) is 9.18 Å². The van der Waals surface area contributed by atoms with Gasteiger partial charge in [-0.05, 0) is 13.8 Å². The monoisotopic (exact) mass is 234 g/mol. The summed E-state index contributed by atoms with van der Waals surface area (Å²) in [6, 6.07) is 0. The van der Waals surface area contributed by atoms with Gasteiger partial charge in [0, 0.05) is 11.0 Å². The van der Waals surface area contributed by atoms with Crippen molar-refractivity contribution in [2.75, 3.05) is 19.8 Å². The molecule has 0 aromatic carbocycles. The van der Waals surface area contributed by atoms with Gasteiger partial charge in [-0.15, -0.1) is 0 Å². The Morgan fingerprint density at radius 2 is 2.12 bits per heavy atom. The van der Waals surface area contributed by atoms with E-state index >= 15 is 0 Å². The van der Waals surface area contributed by atoms with Gasteiger partial charge in [-0.25, -0.2) is 9.18 Å². The quantitative estimate of drug-likeness (QED) is 0.535. The van der Waals surface area contributed by atoms with Crippen LogP contribution < -0.4 is 0 Å². The highest BCUT2D eigenvalue weighted by Crippen LogP contribution is 2.18. The summed E-state index contributed by atoms with van der Waals surface area (Å²) in [6.45, 7) is 7.52. The van der Waals surface area contributed by atoms with Gasteiger partial charge in [-0.2, -0.15) is 0 Å². The second-order valence-electron chi connectivity index (χ2n) is 4.18. The third kappa shape index (κ3) is 5.82. The summed E-state index contributed by atoms with van der Waals surface area (Å²) in [5.41, 5.74) is -0.522. The lowest BCUT2D eigenvalue weighted by molar-refractivity contribution is -0.147. The molecule has 2 unspecified atom stereocenters. The van der Waals surface area contributed by atoms with E-state index in [0.29, 0.717) is 0 Å². The van der Waals surface area contributed by atoms with Gasteiger partial charge < -0.3 is 14.6 Å². The number of carbonyl (C=O) groups excluding carboxylic acids is 1. The summed E-state index contributed by atoms with van der Waals surface area (Å²) in [7, 11) is 0. The van der Waals surface area contributed by atoms with Crippen molar-refractivity contribution in [2.24, 2.45) is 5.41 Å². The minimum atomic E-state index is -1.41. The zero-order valence-corrected chi connectivity index (χ0v) is 9.96. The topological polar surface area (TPSA) is 55.8 Å². The van der Waals surface area contributed by atoms with Crippen LogP contribution in [0.4, 0.5) is 4.39 Å². The molecule has 0 heterocycles. The molecule has 0 bridgehead atoms. The summed E-state index contributed by atoms with van der Waals surface area (Å²) >= 11 is 0. The number of alkyl halides is 1. The van der Waals surface area contributed by atoms with Crippen LogP contribution in [0, 0.1) is 5.41 Å². The fraction of sp³-hybridized carbons (Fsp3) is 0.727. The van der Waals surface area contributed by atoms with E-state index in [1.165, 1.54) is 13.8 Å². The molecular weight excluding hydrogens is 215 g/mol. The third-order valence-corrected chi connectivity index (χ3v) is 1.94. The lowest BCUT2D eigenvalue weighted by atomic mass is 9.94. The Morgan fingerprint density at radius 3 is 2.50 bits per heavy atom. The molecule has 4 nitrogen and oxygen atoms in total. The van der Waals surface area contributed by atoms with Gasteiger partial charge in [0.15, 0.2) is 6.36 Å². The molecule has 0 aromatic rings. The Labute approximate surface area is 95.0 Å². The molecule has 0 aliphatic heterocycles. The largest absolute Gasteiger partial charge is 0.462 e. The standard InChI is InChI=1S/C11H19FO4/c1-8(2)10(14)16-7-11(4,5-13)6-15-9(3)12/h9,13H,1,5-7H2,2-4H3. The summed E-state index contributed by atoms with van der Waals surface area (Å²) in [5.74, 6) is -0.534. The first-order valence-corrected chi connectivity index (χ1v) is 5.00. The Hall–Kier alpha value is -0.940. The molecule has 0 fully saturated rings. The maximum absolute atomic E-state index is 12.5. The fourth-order valence-corrected chi connectivity index (χ4v) is 0.812. The summed E-state index contributed by atoms with van der Waals surface area (Å²) in [5, 5.41) is 9.13. The van der Waals surface area contributed by atoms with Crippen molar-refractivity contribution < 1.29 is 23.8 Å². The minimum Gasteiger partial charge on any atom is -0.462 e. The molecule has 16 heavy (non-hydrogen) atoms. The van der Waals surface area contributed by atoms with Crippen molar-refractivity contribution in [3.8, 4) is 0 Å². The van der Waals surface area contributed by atoms with Crippen LogP contribution in [0.25, 0.3) is 0 Å². The molecule has 94 valence electrons. The average Bonchev–Trinajstić information content (AvgIpc) is 2.23. The summed E-state index contributed by atoms with van der Waals surface area (Å²) in [4.78, 5) is 11.1. The molecule has 0 radical (unpaired) electrons. The number of aliphatic hydroxyl groups is 1. The number of rotatable bonds is 7. The van der Waals surface area contributed by atoms with Crippen molar-refractivity contribution in [2.45, 2.75) is 27.1 Å². The van der Waals surface area contributed by atoms with Crippen LogP contribution in [0.5, 0.6) is 0 Å². The lowest BCUT2D eigenvalue weighted by Crippen LogP contribution is -2.35. The number of ether oxygens (including phenoxy) is 2. The predicted octanol–water partition coefficient (Wildman–Crippen LogP) is 1.44. The fourth-order valence-electron chi connectivity index (χ4n) is 0.812. The van der Waals surface area contributed by atoms with Gasteiger partial charge >= 0.3 is 5.97 Å². The molecule has 5 heteroatoms. The molecule has 1 N–H and O–H groups in total. The zero-order valence-electron chi connectivity index (χ0n) is 9.96. The highest BCUT2D eigenvalue weighted by Gasteiger charge is 2.27. The van der Waals surface area contributed by atoms with Crippen molar-refractivity contribution in [1.82, 2.24) is 0 Å². The Bertz CT molecular complexity index is 252. The van der Waals surface area contributed by atoms with E-state index in [2.05, 4.69) is 6.58 Å². The smallest absolute Gasteiger partial charge is 0.333 e. The highest BCUT2D eigenvalue weighted by atomic mass is 19.1. The van der Waals surface area contributed by atoms with Crippen LogP contribution in [0.2, 0.25) is 0 Å². The number of carbonyl (C=O) groups is 1. The SMILES string of the molecule is C=C(C)C(=O)OCC(C)(CO)COC(C)F. The maximum atomic E-state index is 12.5. The zero-order chi connectivity index (χ0) is 12.8. The van der Waals surface area contributed by atoms with Crippen LogP contribution in [0.3, 0.4) is 0 Å².